The van der Waals surface area contributed by atoms with Gasteiger partial charge in [-0.3, -0.25) is 4.79 Å². The van der Waals surface area contributed by atoms with Crippen LogP contribution < -0.4 is 4.74 Å². The molecule has 2 heterocycles. The maximum absolute atomic E-state index is 13.7. The Morgan fingerprint density at radius 2 is 1.93 bits per heavy atom. The van der Waals surface area contributed by atoms with Crippen molar-refractivity contribution in [3.05, 3.63) is 65.4 Å². The number of aromatic amines is 1. The molecule has 0 saturated heterocycles. The third-order valence-electron chi connectivity index (χ3n) is 6.15. The maximum Gasteiger partial charge on any atom is 0.407 e. The van der Waals surface area contributed by atoms with Crippen LogP contribution in [-0.2, 0) is 16.6 Å². The summed E-state index contributed by atoms with van der Waals surface area (Å²) in [4.78, 5) is 30.5. The predicted octanol–water partition coefficient (Wildman–Crippen LogP) is 4.51. The number of ether oxygens (including phenoxy) is 1. The van der Waals surface area contributed by atoms with Crippen molar-refractivity contribution in [2.45, 2.75) is 32.6 Å². The van der Waals surface area contributed by atoms with E-state index in [2.05, 4.69) is 4.98 Å². The number of carbonyl (C=O) groups excluding carboxylic acids is 1. The van der Waals surface area contributed by atoms with Gasteiger partial charge >= 0.3 is 12.1 Å². The Morgan fingerprint density at radius 1 is 1.17 bits per heavy atom. The highest BCUT2D eigenvalue weighted by Crippen LogP contribution is 2.41. The number of carboxylic acid groups (broad SMARTS) is 1. The lowest BCUT2D eigenvalue weighted by Crippen LogP contribution is -2.52. The SMILES string of the molecule is Cc1cccc(OC(=O)C2(C(C)C)CN(C(=O)O)CCc3c2[nH]c2ccccc32)c1. The average molecular weight is 406 g/mol. The van der Waals surface area contributed by atoms with Gasteiger partial charge in [0.25, 0.3) is 0 Å². The Bertz CT molecular complexity index is 1120. The monoisotopic (exact) mass is 406 g/mol. The van der Waals surface area contributed by atoms with Gasteiger partial charge in [-0.25, -0.2) is 4.79 Å². The molecule has 156 valence electrons. The standard InChI is InChI=1S/C24H26N2O4/c1-15(2)24(22(27)30-17-8-6-7-16(3)13-17)14-26(23(28)29)12-11-19-18-9-4-5-10-20(18)25-21(19)24/h4-10,13,15,25H,11-12,14H2,1-3H3,(H,28,29). The van der Waals surface area contributed by atoms with E-state index < -0.39 is 17.5 Å². The van der Waals surface area contributed by atoms with Crippen molar-refractivity contribution in [2.75, 3.05) is 13.1 Å². The third-order valence-corrected chi connectivity index (χ3v) is 6.15. The van der Waals surface area contributed by atoms with Crippen molar-refractivity contribution in [1.82, 2.24) is 9.88 Å². The maximum atomic E-state index is 13.7. The van der Waals surface area contributed by atoms with E-state index >= 15 is 0 Å². The first-order valence-corrected chi connectivity index (χ1v) is 10.2. The Balaban J connectivity index is 1.90. The molecule has 0 radical (unpaired) electrons. The van der Waals surface area contributed by atoms with E-state index in [1.54, 1.807) is 6.07 Å². The van der Waals surface area contributed by atoms with Crippen LogP contribution in [0.3, 0.4) is 0 Å². The zero-order valence-electron chi connectivity index (χ0n) is 17.4. The molecule has 1 amide bonds. The molecule has 1 unspecified atom stereocenters. The number of para-hydroxylation sites is 1. The number of nitrogens with zero attached hydrogens (tertiary/aromatic N) is 1. The second-order valence-corrected chi connectivity index (χ2v) is 8.31. The topological polar surface area (TPSA) is 82.6 Å². The van der Waals surface area contributed by atoms with E-state index in [4.69, 9.17) is 4.74 Å². The summed E-state index contributed by atoms with van der Waals surface area (Å²) in [7, 11) is 0. The van der Waals surface area contributed by atoms with Crippen LogP contribution in [0, 0.1) is 12.8 Å². The fraction of sp³-hybridized carbons (Fsp3) is 0.333. The summed E-state index contributed by atoms with van der Waals surface area (Å²) in [6.07, 6.45) is -0.490. The molecule has 1 aromatic heterocycles. The van der Waals surface area contributed by atoms with Crippen LogP contribution in [0.2, 0.25) is 0 Å². The average Bonchev–Trinajstić information content (AvgIpc) is 2.97. The number of H-pyrrole nitrogens is 1. The van der Waals surface area contributed by atoms with Crippen molar-refractivity contribution < 1.29 is 19.4 Å². The predicted molar refractivity (Wildman–Crippen MR) is 115 cm³/mol. The van der Waals surface area contributed by atoms with Gasteiger partial charge in [-0.15, -0.1) is 0 Å². The van der Waals surface area contributed by atoms with Crippen LogP contribution in [-0.4, -0.2) is 40.1 Å². The second-order valence-electron chi connectivity index (χ2n) is 8.31. The molecule has 0 fully saturated rings. The van der Waals surface area contributed by atoms with Gasteiger partial charge in [0.05, 0.1) is 0 Å². The van der Waals surface area contributed by atoms with Crippen LogP contribution >= 0.6 is 0 Å². The zero-order chi connectivity index (χ0) is 21.5. The van der Waals surface area contributed by atoms with Crippen LogP contribution in [0.25, 0.3) is 10.9 Å². The summed E-state index contributed by atoms with van der Waals surface area (Å²) < 4.78 is 5.86. The van der Waals surface area contributed by atoms with E-state index in [1.807, 2.05) is 63.2 Å². The number of esters is 1. The molecule has 4 rings (SSSR count). The first-order valence-electron chi connectivity index (χ1n) is 10.2. The lowest BCUT2D eigenvalue weighted by molar-refractivity contribution is -0.143. The largest absolute Gasteiger partial charge is 0.465 e. The summed E-state index contributed by atoms with van der Waals surface area (Å²) in [5.74, 6) is -0.172. The first-order chi connectivity index (χ1) is 14.3. The van der Waals surface area contributed by atoms with Crippen molar-refractivity contribution in [3.8, 4) is 5.75 Å². The number of carbonyl (C=O) groups is 2. The quantitative estimate of drug-likeness (QED) is 0.495. The summed E-state index contributed by atoms with van der Waals surface area (Å²) in [5, 5.41) is 10.8. The van der Waals surface area contributed by atoms with Crippen molar-refractivity contribution in [1.29, 1.82) is 0 Å². The number of fused-ring (bicyclic) bond motifs is 3. The molecular formula is C24H26N2O4. The molecule has 6 heteroatoms. The van der Waals surface area contributed by atoms with E-state index in [1.165, 1.54) is 4.90 Å². The van der Waals surface area contributed by atoms with Crippen LogP contribution in [0.5, 0.6) is 5.75 Å². The molecule has 30 heavy (non-hydrogen) atoms. The van der Waals surface area contributed by atoms with Crippen LogP contribution in [0.15, 0.2) is 48.5 Å². The molecule has 1 atom stereocenters. The molecule has 0 saturated carbocycles. The molecule has 2 aromatic carbocycles. The van der Waals surface area contributed by atoms with E-state index in [0.717, 1.165) is 27.7 Å². The van der Waals surface area contributed by atoms with Crippen molar-refractivity contribution >= 4 is 23.0 Å². The smallest absolute Gasteiger partial charge is 0.407 e. The van der Waals surface area contributed by atoms with Gasteiger partial charge in [-0.05, 0) is 48.6 Å². The van der Waals surface area contributed by atoms with Gasteiger partial charge < -0.3 is 19.7 Å². The number of hydrogen-bond donors (Lipinski definition) is 2. The lowest BCUT2D eigenvalue weighted by atomic mass is 9.73. The highest BCUT2D eigenvalue weighted by atomic mass is 16.5. The summed E-state index contributed by atoms with van der Waals surface area (Å²) in [6, 6.07) is 15.2. The molecule has 0 spiro atoms. The van der Waals surface area contributed by atoms with E-state index in [-0.39, 0.29) is 12.5 Å². The summed E-state index contributed by atoms with van der Waals surface area (Å²) in [5.41, 5.74) is 2.54. The van der Waals surface area contributed by atoms with Crippen LogP contribution in [0.1, 0.15) is 30.7 Å². The number of nitrogens with one attached hydrogen (secondary N) is 1. The van der Waals surface area contributed by atoms with E-state index in [0.29, 0.717) is 18.7 Å². The molecule has 6 nitrogen and oxygen atoms in total. The number of amides is 1. The molecular weight excluding hydrogens is 380 g/mol. The number of aryl methyl sites for hydroxylation is 1. The highest BCUT2D eigenvalue weighted by molar-refractivity contribution is 5.92. The van der Waals surface area contributed by atoms with Gasteiger partial charge in [-0.2, -0.15) is 0 Å². The Hall–Kier alpha value is -3.28. The Kier molecular flexibility index (Phi) is 5.02. The van der Waals surface area contributed by atoms with Gasteiger partial charge in [0.2, 0.25) is 0 Å². The van der Waals surface area contributed by atoms with Gasteiger partial charge in [-0.1, -0.05) is 44.2 Å². The normalized spacial score (nSPS) is 18.9. The minimum atomic E-state index is -1.15. The third kappa shape index (κ3) is 3.22. The molecule has 0 aliphatic carbocycles. The number of benzene rings is 2. The van der Waals surface area contributed by atoms with Gasteiger partial charge in [0.15, 0.2) is 0 Å². The van der Waals surface area contributed by atoms with Gasteiger partial charge in [0.1, 0.15) is 11.2 Å². The summed E-state index contributed by atoms with van der Waals surface area (Å²) in [6.45, 7) is 6.19. The van der Waals surface area contributed by atoms with Gasteiger partial charge in [0, 0.05) is 29.7 Å². The molecule has 0 bridgehead atoms. The minimum absolute atomic E-state index is 0.0461. The van der Waals surface area contributed by atoms with Crippen LogP contribution in [0.4, 0.5) is 4.79 Å². The fourth-order valence-corrected chi connectivity index (χ4v) is 4.46. The Morgan fingerprint density at radius 3 is 2.63 bits per heavy atom. The molecule has 1 aliphatic heterocycles. The number of aromatic nitrogens is 1. The lowest BCUT2D eigenvalue weighted by Gasteiger charge is -2.36. The Labute approximate surface area is 175 Å². The van der Waals surface area contributed by atoms with Crippen molar-refractivity contribution in [3.63, 3.8) is 0 Å². The number of hydrogen-bond acceptors (Lipinski definition) is 3. The molecule has 3 aromatic rings. The summed E-state index contributed by atoms with van der Waals surface area (Å²) >= 11 is 0. The first kappa shape index (κ1) is 20.0. The molecule has 1 aliphatic rings. The fourth-order valence-electron chi connectivity index (χ4n) is 4.46. The minimum Gasteiger partial charge on any atom is -0.465 e. The zero-order valence-corrected chi connectivity index (χ0v) is 17.4. The number of rotatable bonds is 3. The van der Waals surface area contributed by atoms with E-state index in [9.17, 15) is 14.7 Å². The highest BCUT2D eigenvalue weighted by Gasteiger charge is 2.51. The van der Waals surface area contributed by atoms with Crippen molar-refractivity contribution in [2.24, 2.45) is 5.92 Å². The second kappa shape index (κ2) is 7.52. The molecule has 2 N–H and O–H groups in total.